The molecule has 0 bridgehead atoms. The Morgan fingerprint density at radius 1 is 1.32 bits per heavy atom. The first-order valence-corrected chi connectivity index (χ1v) is 9.82. The minimum Gasteiger partial charge on any atom is -0.289 e. The molecule has 6 heteroatoms. The molecule has 0 spiro atoms. The second kappa shape index (κ2) is 6.70. The minimum absolute atomic E-state index is 0.376. The highest BCUT2D eigenvalue weighted by atomic mass is 79.9. The molecule has 0 fully saturated rings. The maximum absolute atomic E-state index is 14.5. The number of nitrogens with zero attached hydrogens (tertiary/aromatic N) is 1. The normalized spacial score (nSPS) is 11.7. The molecule has 0 saturated heterocycles. The number of ketones is 1. The van der Waals surface area contributed by atoms with Crippen LogP contribution in [0.15, 0.2) is 10.7 Å². The van der Waals surface area contributed by atoms with Gasteiger partial charge in [0.1, 0.15) is 10.3 Å². The van der Waals surface area contributed by atoms with Crippen LogP contribution in [0.1, 0.15) is 31.3 Å². The number of hydrogen-bond donors (Lipinski definition) is 0. The molecule has 0 unspecified atom stereocenters. The van der Waals surface area contributed by atoms with Crippen molar-refractivity contribution in [3.63, 3.8) is 0 Å². The fourth-order valence-corrected chi connectivity index (χ4v) is 6.74. The van der Waals surface area contributed by atoms with Gasteiger partial charge in [-0.1, -0.05) is 38.9 Å². The van der Waals surface area contributed by atoms with Gasteiger partial charge in [-0.3, -0.25) is 4.79 Å². The summed E-state index contributed by atoms with van der Waals surface area (Å²) in [5, 5.41) is 0.582. The van der Waals surface area contributed by atoms with Crippen molar-refractivity contribution in [3.8, 4) is 0 Å². The summed E-state index contributed by atoms with van der Waals surface area (Å²) >= 11 is 3.19. The molecule has 1 aromatic rings. The lowest BCUT2D eigenvalue weighted by atomic mass is 10.2. The van der Waals surface area contributed by atoms with E-state index in [1.165, 1.54) is 0 Å². The first-order chi connectivity index (χ1) is 8.95. The lowest BCUT2D eigenvalue weighted by molar-refractivity contribution is 0.0949. The van der Waals surface area contributed by atoms with E-state index in [1.54, 1.807) is 6.07 Å². The Balaban J connectivity index is 3.51. The number of Topliss-reactive ketones (excluding diaryl/α,β-unsaturated/α-hetero) is 1. The Morgan fingerprint density at radius 2 is 1.84 bits per heavy atom. The van der Waals surface area contributed by atoms with Crippen LogP contribution in [-0.2, 0) is 0 Å². The average molecular weight is 350 g/mol. The molecule has 0 aliphatic carbocycles. The molecule has 0 aliphatic rings. The van der Waals surface area contributed by atoms with Gasteiger partial charge < -0.3 is 0 Å². The van der Waals surface area contributed by atoms with Crippen LogP contribution in [0, 0.1) is 5.82 Å². The molecule has 1 aromatic heterocycles. The number of carbonyl (C=O) groups is 1. The number of halogens is 3. The van der Waals surface area contributed by atoms with Gasteiger partial charge in [0, 0.05) is 0 Å². The van der Waals surface area contributed by atoms with Crippen molar-refractivity contribution in [1.82, 2.24) is 4.98 Å². The van der Waals surface area contributed by atoms with E-state index in [9.17, 15) is 13.6 Å². The summed E-state index contributed by atoms with van der Waals surface area (Å²) in [4.78, 5) is 15.2. The zero-order valence-corrected chi connectivity index (χ0v) is 14.0. The van der Waals surface area contributed by atoms with Crippen molar-refractivity contribution in [2.75, 3.05) is 6.67 Å². The van der Waals surface area contributed by atoms with Crippen LogP contribution in [-0.4, -0.2) is 25.5 Å². The molecule has 106 valence electrons. The van der Waals surface area contributed by atoms with Crippen LogP contribution in [0.4, 0.5) is 8.78 Å². The number of carbonyl (C=O) groups excluding carboxylic acids is 1. The average Bonchev–Trinajstić information content (AvgIpc) is 2.43. The molecule has 0 saturated carbocycles. The zero-order valence-electron chi connectivity index (χ0n) is 11.4. The molecular formula is C13H18BrF2NOSi. The lowest BCUT2D eigenvalue weighted by Gasteiger charge is -2.29. The number of rotatable bonds is 6. The summed E-state index contributed by atoms with van der Waals surface area (Å²) in [5.74, 6) is -1.52. The number of alkyl halides is 1. The van der Waals surface area contributed by atoms with Crippen LogP contribution < -0.4 is 5.19 Å². The number of hydrogen-bond acceptors (Lipinski definition) is 2. The molecule has 0 N–H and O–H groups in total. The second-order valence-corrected chi connectivity index (χ2v) is 10.6. The van der Waals surface area contributed by atoms with Gasteiger partial charge in [-0.25, -0.2) is 13.8 Å². The molecule has 1 heterocycles. The topological polar surface area (TPSA) is 30.0 Å². The summed E-state index contributed by atoms with van der Waals surface area (Å²) in [6, 6.07) is 4.32. The Kier molecular flexibility index (Phi) is 5.79. The predicted molar refractivity (Wildman–Crippen MR) is 79.0 cm³/mol. The Bertz CT molecular complexity index is 470. The highest BCUT2D eigenvalue weighted by Crippen LogP contribution is 2.24. The van der Waals surface area contributed by atoms with Gasteiger partial charge in [0.2, 0.25) is 5.78 Å². The summed E-state index contributed by atoms with van der Waals surface area (Å²) in [6.07, 6.45) is 0. The van der Waals surface area contributed by atoms with E-state index in [0.29, 0.717) is 9.79 Å². The maximum Gasteiger partial charge on any atom is 0.215 e. The first kappa shape index (κ1) is 16.4. The lowest BCUT2D eigenvalue weighted by Crippen LogP contribution is -2.48. The van der Waals surface area contributed by atoms with E-state index in [2.05, 4.69) is 20.9 Å². The first-order valence-electron chi connectivity index (χ1n) is 6.41. The predicted octanol–water partition coefficient (Wildman–Crippen LogP) is 3.85. The molecule has 1 rings (SSSR count). The standard InChI is InChI=1S/C13H18BrF2NOSi/c1-4-19(5-2,6-3)10-7-11(14)17-13(12(10)16)9(18)8-15/h7H,4-6,8H2,1-3H3. The highest BCUT2D eigenvalue weighted by molar-refractivity contribution is 9.10. The third kappa shape index (κ3) is 3.10. The molecule has 0 radical (unpaired) electrons. The molecular weight excluding hydrogens is 332 g/mol. The molecule has 0 atom stereocenters. The van der Waals surface area contributed by atoms with Gasteiger partial charge in [-0.05, 0) is 27.2 Å². The van der Waals surface area contributed by atoms with Crippen molar-refractivity contribution in [2.45, 2.75) is 38.9 Å². The summed E-state index contributed by atoms with van der Waals surface area (Å²) in [5.41, 5.74) is -0.376. The van der Waals surface area contributed by atoms with Crippen LogP contribution >= 0.6 is 15.9 Å². The molecule has 19 heavy (non-hydrogen) atoms. The third-order valence-electron chi connectivity index (χ3n) is 3.91. The largest absolute Gasteiger partial charge is 0.289 e. The van der Waals surface area contributed by atoms with Crippen molar-refractivity contribution >= 4 is 35.0 Å². The second-order valence-electron chi connectivity index (χ2n) is 4.55. The van der Waals surface area contributed by atoms with Crippen molar-refractivity contribution in [3.05, 3.63) is 22.2 Å². The smallest absolute Gasteiger partial charge is 0.215 e. The summed E-state index contributed by atoms with van der Waals surface area (Å²) < 4.78 is 27.4. The van der Waals surface area contributed by atoms with Crippen LogP contribution in [0.25, 0.3) is 0 Å². The molecule has 2 nitrogen and oxygen atoms in total. The Labute approximate surface area is 121 Å². The van der Waals surface area contributed by atoms with E-state index in [0.717, 1.165) is 18.1 Å². The number of pyridine rings is 1. The third-order valence-corrected chi connectivity index (χ3v) is 9.89. The molecule has 0 aromatic carbocycles. The van der Waals surface area contributed by atoms with Crippen molar-refractivity contribution in [1.29, 1.82) is 0 Å². The van der Waals surface area contributed by atoms with E-state index < -0.39 is 26.3 Å². The fraction of sp³-hybridized carbons (Fsp3) is 0.538. The van der Waals surface area contributed by atoms with E-state index in [1.807, 2.05) is 20.8 Å². The van der Waals surface area contributed by atoms with Gasteiger partial charge >= 0.3 is 0 Å². The van der Waals surface area contributed by atoms with Gasteiger partial charge in [0.15, 0.2) is 12.5 Å². The minimum atomic E-state index is -1.98. The fourth-order valence-electron chi connectivity index (χ4n) is 2.45. The van der Waals surface area contributed by atoms with E-state index >= 15 is 0 Å². The van der Waals surface area contributed by atoms with Crippen molar-refractivity contribution < 1.29 is 13.6 Å². The monoisotopic (exact) mass is 349 g/mol. The zero-order chi connectivity index (χ0) is 14.6. The highest BCUT2D eigenvalue weighted by Gasteiger charge is 2.34. The Morgan fingerprint density at radius 3 is 2.26 bits per heavy atom. The van der Waals surface area contributed by atoms with Crippen LogP contribution in [0.2, 0.25) is 18.1 Å². The quantitative estimate of drug-likeness (QED) is 0.443. The van der Waals surface area contributed by atoms with Crippen LogP contribution in [0.5, 0.6) is 0 Å². The maximum atomic E-state index is 14.5. The van der Waals surface area contributed by atoms with Gasteiger partial charge in [0.25, 0.3) is 0 Å². The van der Waals surface area contributed by atoms with Crippen LogP contribution in [0.3, 0.4) is 0 Å². The summed E-state index contributed by atoms with van der Waals surface area (Å²) in [6.45, 7) is 4.91. The van der Waals surface area contributed by atoms with Gasteiger partial charge in [-0.2, -0.15) is 0 Å². The van der Waals surface area contributed by atoms with Crippen molar-refractivity contribution in [2.24, 2.45) is 0 Å². The van der Waals surface area contributed by atoms with Gasteiger partial charge in [-0.15, -0.1) is 0 Å². The van der Waals surface area contributed by atoms with E-state index in [4.69, 9.17) is 0 Å². The molecule has 0 amide bonds. The number of aromatic nitrogens is 1. The SMILES string of the molecule is CC[Si](CC)(CC)c1cc(Br)nc(C(=O)CF)c1F. The molecule has 0 aliphatic heterocycles. The van der Waals surface area contributed by atoms with Gasteiger partial charge in [0.05, 0.1) is 8.07 Å². The van der Waals surface area contributed by atoms with E-state index in [-0.39, 0.29) is 5.69 Å². The Hall–Kier alpha value is -0.623. The summed E-state index contributed by atoms with van der Waals surface area (Å²) in [7, 11) is -1.98.